The second-order valence-electron chi connectivity index (χ2n) is 7.79. The number of halogens is 1. The van der Waals surface area contributed by atoms with Gasteiger partial charge in [0.25, 0.3) is 5.91 Å². The first-order chi connectivity index (χ1) is 15.8. The summed E-state index contributed by atoms with van der Waals surface area (Å²) in [6.07, 6.45) is 0.364. The molecule has 3 rings (SSSR count). The topological polar surface area (TPSA) is 90.3 Å². The molecule has 0 aliphatic rings. The number of ether oxygens (including phenoxy) is 1. The Morgan fingerprint density at radius 1 is 1.06 bits per heavy atom. The van der Waals surface area contributed by atoms with Gasteiger partial charge >= 0.3 is 5.97 Å². The molecular weight excluding hydrogens is 442 g/mol. The molecule has 0 fully saturated rings. The number of esters is 1. The number of carbonyl (C=O) groups excluding carboxylic acids is 3. The van der Waals surface area contributed by atoms with Crippen molar-refractivity contribution >= 4 is 29.3 Å². The number of benzene rings is 2. The monoisotopic (exact) mass is 467 g/mol. The van der Waals surface area contributed by atoms with Crippen molar-refractivity contribution < 1.29 is 19.1 Å². The molecule has 1 amide bonds. The first-order valence-corrected chi connectivity index (χ1v) is 10.9. The fourth-order valence-electron chi connectivity index (χ4n) is 3.52. The summed E-state index contributed by atoms with van der Waals surface area (Å²) in [7, 11) is 0. The van der Waals surface area contributed by atoms with Gasteiger partial charge in [-0.15, -0.1) is 0 Å². The zero-order chi connectivity index (χ0) is 24.0. The van der Waals surface area contributed by atoms with E-state index < -0.39 is 24.5 Å². The zero-order valence-electron chi connectivity index (χ0n) is 18.8. The van der Waals surface area contributed by atoms with Crippen molar-refractivity contribution in [2.24, 2.45) is 0 Å². The fourth-order valence-corrected chi connectivity index (χ4v) is 3.72. The number of aromatic nitrogens is 2. The van der Waals surface area contributed by atoms with E-state index in [1.807, 2.05) is 48.5 Å². The maximum Gasteiger partial charge on any atom is 0.342 e. The van der Waals surface area contributed by atoms with Crippen LogP contribution in [0, 0.1) is 13.8 Å². The van der Waals surface area contributed by atoms with E-state index in [1.54, 1.807) is 24.6 Å². The summed E-state index contributed by atoms with van der Waals surface area (Å²) >= 11 is 6.23. The van der Waals surface area contributed by atoms with Crippen LogP contribution in [0.15, 0.2) is 54.6 Å². The lowest BCUT2D eigenvalue weighted by Crippen LogP contribution is -2.43. The highest BCUT2D eigenvalue weighted by Crippen LogP contribution is 2.20. The molecule has 33 heavy (non-hydrogen) atoms. The molecule has 0 aliphatic heterocycles. The van der Waals surface area contributed by atoms with Crippen LogP contribution >= 0.6 is 11.6 Å². The first-order valence-electron chi connectivity index (χ1n) is 10.5. The van der Waals surface area contributed by atoms with Crippen molar-refractivity contribution in [2.75, 3.05) is 6.61 Å². The van der Waals surface area contributed by atoms with Crippen molar-refractivity contribution in [2.45, 2.75) is 39.8 Å². The van der Waals surface area contributed by atoms with E-state index in [0.717, 1.165) is 11.1 Å². The predicted octanol–water partition coefficient (Wildman–Crippen LogP) is 3.67. The van der Waals surface area contributed by atoms with Gasteiger partial charge < -0.3 is 10.1 Å². The van der Waals surface area contributed by atoms with Crippen molar-refractivity contribution in [1.82, 2.24) is 15.1 Å². The van der Waals surface area contributed by atoms with Crippen LogP contribution in [0.25, 0.3) is 0 Å². The van der Waals surface area contributed by atoms with E-state index in [2.05, 4.69) is 10.4 Å². The molecule has 1 aromatic heterocycles. The van der Waals surface area contributed by atoms with Crippen LogP contribution in [-0.4, -0.2) is 40.1 Å². The quantitative estimate of drug-likeness (QED) is 0.485. The molecule has 1 heterocycles. The Morgan fingerprint density at radius 2 is 1.73 bits per heavy atom. The minimum absolute atomic E-state index is 0.175. The molecule has 7 nitrogen and oxygen atoms in total. The maximum atomic E-state index is 12.7. The third-order valence-electron chi connectivity index (χ3n) is 5.31. The second kappa shape index (κ2) is 10.9. The van der Waals surface area contributed by atoms with Gasteiger partial charge in [0, 0.05) is 5.02 Å². The molecule has 1 N–H and O–H groups in total. The molecule has 1 atom stereocenters. The molecular formula is C25H26ClN3O4. The molecule has 0 bridgehead atoms. The molecule has 0 spiro atoms. The molecule has 0 saturated heterocycles. The summed E-state index contributed by atoms with van der Waals surface area (Å²) < 4.78 is 6.91. The number of ketones is 1. The summed E-state index contributed by atoms with van der Waals surface area (Å²) in [5.41, 5.74) is 3.21. The summed E-state index contributed by atoms with van der Waals surface area (Å²) in [6, 6.07) is 16.1. The number of hydrogen-bond donors (Lipinski definition) is 1. The van der Waals surface area contributed by atoms with Gasteiger partial charge in [-0.2, -0.15) is 5.10 Å². The van der Waals surface area contributed by atoms with Crippen LogP contribution in [0.1, 0.15) is 39.8 Å². The van der Waals surface area contributed by atoms with E-state index in [-0.39, 0.29) is 5.78 Å². The van der Waals surface area contributed by atoms with E-state index in [4.69, 9.17) is 16.3 Å². The highest BCUT2D eigenvalue weighted by atomic mass is 35.5. The number of amides is 1. The van der Waals surface area contributed by atoms with Crippen LogP contribution in [0.5, 0.6) is 0 Å². The molecule has 0 aliphatic carbocycles. The highest BCUT2D eigenvalue weighted by molar-refractivity contribution is 6.31. The van der Waals surface area contributed by atoms with Crippen LogP contribution in [-0.2, 0) is 27.3 Å². The van der Waals surface area contributed by atoms with Crippen molar-refractivity contribution in [3.8, 4) is 0 Å². The van der Waals surface area contributed by atoms with Crippen LogP contribution in [0.2, 0.25) is 5.02 Å². The predicted molar refractivity (Wildman–Crippen MR) is 125 cm³/mol. The summed E-state index contributed by atoms with van der Waals surface area (Å²) in [5, 5.41) is 7.68. The smallest absolute Gasteiger partial charge is 0.342 e. The Kier molecular flexibility index (Phi) is 8.01. The lowest BCUT2D eigenvalue weighted by atomic mass is 10.0. The van der Waals surface area contributed by atoms with Gasteiger partial charge in [0.05, 0.1) is 24.0 Å². The summed E-state index contributed by atoms with van der Waals surface area (Å²) in [4.78, 5) is 37.0. The Labute approximate surface area is 197 Å². The Morgan fingerprint density at radius 3 is 2.39 bits per heavy atom. The van der Waals surface area contributed by atoms with Gasteiger partial charge in [-0.1, -0.05) is 60.1 Å². The van der Waals surface area contributed by atoms with Gasteiger partial charge in [-0.05, 0) is 44.4 Å². The number of carbonyl (C=O) groups is 3. The average molecular weight is 468 g/mol. The highest BCUT2D eigenvalue weighted by Gasteiger charge is 2.23. The largest absolute Gasteiger partial charge is 0.452 e. The van der Waals surface area contributed by atoms with E-state index in [9.17, 15) is 14.4 Å². The average Bonchev–Trinajstić information content (AvgIpc) is 3.06. The number of hydrogen-bond acceptors (Lipinski definition) is 5. The van der Waals surface area contributed by atoms with Gasteiger partial charge in [0.15, 0.2) is 12.4 Å². The number of nitrogens with zero attached hydrogens (tertiary/aromatic N) is 2. The fraction of sp³-hybridized carbons (Fsp3) is 0.280. The van der Waals surface area contributed by atoms with Gasteiger partial charge in [-0.3, -0.25) is 14.3 Å². The molecule has 2 aromatic carbocycles. The Bertz CT molecular complexity index is 1160. The van der Waals surface area contributed by atoms with Gasteiger partial charge in [0.2, 0.25) is 0 Å². The minimum Gasteiger partial charge on any atom is -0.452 e. The maximum absolute atomic E-state index is 12.7. The summed E-state index contributed by atoms with van der Waals surface area (Å²) in [5.74, 6) is -1.36. The van der Waals surface area contributed by atoms with Crippen LogP contribution in [0.3, 0.4) is 0 Å². The number of aryl methyl sites for hydroxylation is 1. The molecule has 0 unspecified atom stereocenters. The van der Waals surface area contributed by atoms with Crippen LogP contribution < -0.4 is 5.32 Å². The van der Waals surface area contributed by atoms with E-state index >= 15 is 0 Å². The molecule has 172 valence electrons. The summed E-state index contributed by atoms with van der Waals surface area (Å²) in [6.45, 7) is 4.80. The van der Waals surface area contributed by atoms with E-state index in [0.29, 0.717) is 34.9 Å². The third kappa shape index (κ3) is 6.29. The van der Waals surface area contributed by atoms with Gasteiger partial charge in [-0.25, -0.2) is 4.79 Å². The number of nitrogens with one attached hydrogen (secondary N) is 1. The minimum atomic E-state index is -0.694. The van der Waals surface area contributed by atoms with Crippen molar-refractivity contribution in [3.63, 3.8) is 0 Å². The zero-order valence-corrected chi connectivity index (χ0v) is 19.6. The third-order valence-corrected chi connectivity index (χ3v) is 5.68. The van der Waals surface area contributed by atoms with Crippen LogP contribution in [0.4, 0.5) is 0 Å². The molecule has 0 radical (unpaired) electrons. The lowest BCUT2D eigenvalue weighted by molar-refractivity contribution is -0.128. The SMILES string of the molecule is CC(=O)[C@H](Cc1ccccc1)NC(=O)COC(=O)c1c(C)nn(Cc2ccccc2Cl)c1C. The lowest BCUT2D eigenvalue weighted by Gasteiger charge is -2.16. The van der Waals surface area contributed by atoms with Crippen molar-refractivity contribution in [1.29, 1.82) is 0 Å². The standard InChI is InChI=1S/C25H26ClN3O4/c1-16-24(17(2)29(28-16)14-20-11-7-8-12-21(20)26)25(32)33-15-23(31)27-22(18(3)30)13-19-9-5-4-6-10-19/h4-12,22H,13-15H2,1-3H3,(H,27,31)/t22-/m0/s1. The Balaban J connectivity index is 1.62. The normalized spacial score (nSPS) is 11.6. The Hall–Kier alpha value is -3.45. The molecule has 3 aromatic rings. The van der Waals surface area contributed by atoms with Crippen molar-refractivity contribution in [3.05, 3.63) is 87.7 Å². The van der Waals surface area contributed by atoms with Gasteiger partial charge in [0.1, 0.15) is 5.56 Å². The van der Waals surface area contributed by atoms with E-state index in [1.165, 1.54) is 6.92 Å². The molecule has 8 heteroatoms. The second-order valence-corrected chi connectivity index (χ2v) is 8.20. The number of rotatable bonds is 9. The molecule has 0 saturated carbocycles. The number of Topliss-reactive ketones (excluding diaryl/α,β-unsaturated/α-hetero) is 1. The first kappa shape index (κ1) is 24.2.